The number of benzene rings is 2. The standard InChI is InChI=1S/C18H19ClN2O3S2/c1-11-4-5-14(8-16(11)19)20-26(23,24)15-6-7-18-17(9-15)21(13(3)22)10-12(2)25-18/h4-9,12,20H,10H2,1-3H3/t12-/m1/s1. The molecular weight excluding hydrogens is 392 g/mol. The van der Waals surface area contributed by atoms with Crippen LogP contribution in [-0.4, -0.2) is 26.1 Å². The highest BCUT2D eigenvalue weighted by Gasteiger charge is 2.27. The van der Waals surface area contributed by atoms with E-state index in [2.05, 4.69) is 4.72 Å². The molecule has 138 valence electrons. The zero-order valence-corrected chi connectivity index (χ0v) is 17.0. The molecule has 2 aromatic carbocycles. The fraction of sp³-hybridized carbons (Fsp3) is 0.278. The van der Waals surface area contributed by atoms with E-state index in [0.717, 1.165) is 10.5 Å². The number of thioether (sulfide) groups is 1. The number of carbonyl (C=O) groups is 1. The summed E-state index contributed by atoms with van der Waals surface area (Å²) < 4.78 is 28.1. The molecule has 1 aliphatic rings. The SMILES string of the molecule is CC(=O)N1C[C@@H](C)Sc2ccc(S(=O)(=O)Nc3ccc(C)c(Cl)c3)cc21. The topological polar surface area (TPSA) is 66.5 Å². The number of hydrogen-bond acceptors (Lipinski definition) is 4. The van der Waals surface area contributed by atoms with Crippen molar-refractivity contribution in [3.05, 3.63) is 47.0 Å². The van der Waals surface area contributed by atoms with Crippen molar-refractivity contribution in [3.8, 4) is 0 Å². The number of nitrogens with one attached hydrogen (secondary N) is 1. The van der Waals surface area contributed by atoms with Gasteiger partial charge in [-0.25, -0.2) is 8.42 Å². The maximum absolute atomic E-state index is 12.8. The second-order valence-electron chi connectivity index (χ2n) is 6.26. The van der Waals surface area contributed by atoms with Gasteiger partial charge in [-0.2, -0.15) is 0 Å². The highest BCUT2D eigenvalue weighted by molar-refractivity contribution is 8.00. The van der Waals surface area contributed by atoms with Gasteiger partial charge in [0.15, 0.2) is 0 Å². The zero-order chi connectivity index (χ0) is 19.1. The molecule has 2 aromatic rings. The third-order valence-corrected chi connectivity index (χ3v) is 7.04. The third-order valence-electron chi connectivity index (χ3n) is 4.10. The van der Waals surface area contributed by atoms with Gasteiger partial charge in [0.1, 0.15) is 0 Å². The predicted molar refractivity (Wildman–Crippen MR) is 107 cm³/mol. The Morgan fingerprint density at radius 3 is 2.65 bits per heavy atom. The number of carbonyl (C=O) groups excluding carboxylic acids is 1. The first-order chi connectivity index (χ1) is 12.2. The second kappa shape index (κ2) is 7.13. The predicted octanol–water partition coefficient (Wildman–Crippen LogP) is 4.30. The Kier molecular flexibility index (Phi) is 5.23. The average molecular weight is 411 g/mol. The molecule has 1 atom stereocenters. The summed E-state index contributed by atoms with van der Waals surface area (Å²) in [7, 11) is -3.79. The minimum Gasteiger partial charge on any atom is -0.310 e. The molecule has 1 heterocycles. The first-order valence-electron chi connectivity index (χ1n) is 8.05. The van der Waals surface area contributed by atoms with Gasteiger partial charge in [-0.1, -0.05) is 24.6 Å². The van der Waals surface area contributed by atoms with Gasteiger partial charge in [-0.15, -0.1) is 11.8 Å². The highest BCUT2D eigenvalue weighted by atomic mass is 35.5. The van der Waals surface area contributed by atoms with Crippen LogP contribution in [0.1, 0.15) is 19.4 Å². The van der Waals surface area contributed by atoms with Crippen molar-refractivity contribution in [3.63, 3.8) is 0 Å². The molecule has 0 bridgehead atoms. The van der Waals surface area contributed by atoms with Crippen molar-refractivity contribution in [1.29, 1.82) is 0 Å². The van der Waals surface area contributed by atoms with Crippen LogP contribution < -0.4 is 9.62 Å². The number of fused-ring (bicyclic) bond motifs is 1. The molecule has 3 rings (SSSR count). The summed E-state index contributed by atoms with van der Waals surface area (Å²) in [5, 5.41) is 0.741. The molecule has 1 amide bonds. The van der Waals surface area contributed by atoms with E-state index in [1.54, 1.807) is 53.1 Å². The number of nitrogens with zero attached hydrogens (tertiary/aromatic N) is 1. The molecule has 0 saturated heterocycles. The second-order valence-corrected chi connectivity index (χ2v) is 9.83. The number of anilines is 2. The molecule has 1 aliphatic heterocycles. The monoisotopic (exact) mass is 410 g/mol. The fourth-order valence-corrected chi connectivity index (χ4v) is 5.10. The van der Waals surface area contributed by atoms with Crippen molar-refractivity contribution in [2.45, 2.75) is 35.8 Å². The van der Waals surface area contributed by atoms with Gasteiger partial charge in [0.25, 0.3) is 10.0 Å². The number of amides is 1. The smallest absolute Gasteiger partial charge is 0.261 e. The lowest BCUT2D eigenvalue weighted by Gasteiger charge is -2.32. The van der Waals surface area contributed by atoms with Crippen LogP contribution in [0.25, 0.3) is 0 Å². The van der Waals surface area contributed by atoms with Crippen LogP contribution in [0, 0.1) is 6.92 Å². The summed E-state index contributed by atoms with van der Waals surface area (Å²) in [5.41, 5.74) is 1.89. The summed E-state index contributed by atoms with van der Waals surface area (Å²) in [6.07, 6.45) is 0. The molecule has 0 saturated carbocycles. The van der Waals surface area contributed by atoms with Gasteiger partial charge in [0, 0.05) is 28.6 Å². The molecule has 5 nitrogen and oxygen atoms in total. The maximum atomic E-state index is 12.8. The Balaban J connectivity index is 1.97. The van der Waals surface area contributed by atoms with E-state index in [9.17, 15) is 13.2 Å². The summed E-state index contributed by atoms with van der Waals surface area (Å²) in [5.74, 6) is -0.105. The zero-order valence-electron chi connectivity index (χ0n) is 14.6. The fourth-order valence-electron chi connectivity index (χ4n) is 2.75. The van der Waals surface area contributed by atoms with Gasteiger partial charge in [-0.05, 0) is 42.8 Å². The van der Waals surface area contributed by atoms with Gasteiger partial charge in [0.05, 0.1) is 16.3 Å². The molecule has 8 heteroatoms. The Morgan fingerprint density at radius 1 is 1.27 bits per heavy atom. The lowest BCUT2D eigenvalue weighted by molar-refractivity contribution is -0.116. The molecule has 1 N–H and O–H groups in total. The molecule has 26 heavy (non-hydrogen) atoms. The van der Waals surface area contributed by atoms with Crippen LogP contribution >= 0.6 is 23.4 Å². The van der Waals surface area contributed by atoms with Gasteiger partial charge in [0.2, 0.25) is 5.91 Å². The van der Waals surface area contributed by atoms with Crippen molar-refractivity contribution in [1.82, 2.24) is 0 Å². The lowest BCUT2D eigenvalue weighted by atomic mass is 10.2. The molecular formula is C18H19ClN2O3S2. The van der Waals surface area contributed by atoms with Gasteiger partial charge in [-0.3, -0.25) is 9.52 Å². The number of aryl methyl sites for hydroxylation is 1. The number of rotatable bonds is 3. The van der Waals surface area contributed by atoms with E-state index in [0.29, 0.717) is 22.9 Å². The number of hydrogen-bond donors (Lipinski definition) is 1. The quantitative estimate of drug-likeness (QED) is 0.819. The van der Waals surface area contributed by atoms with Crippen LogP contribution in [0.2, 0.25) is 5.02 Å². The molecule has 0 radical (unpaired) electrons. The molecule has 0 aromatic heterocycles. The minimum atomic E-state index is -3.79. The van der Waals surface area contributed by atoms with Crippen LogP contribution in [0.4, 0.5) is 11.4 Å². The van der Waals surface area contributed by atoms with Crippen LogP contribution in [0.5, 0.6) is 0 Å². The Hall–Kier alpha value is -1.70. The maximum Gasteiger partial charge on any atom is 0.261 e. The van der Waals surface area contributed by atoms with E-state index < -0.39 is 10.0 Å². The Morgan fingerprint density at radius 2 is 2.00 bits per heavy atom. The van der Waals surface area contributed by atoms with E-state index in [4.69, 9.17) is 11.6 Å². The molecule has 0 fully saturated rings. The highest BCUT2D eigenvalue weighted by Crippen LogP contribution is 2.40. The normalized spacial score (nSPS) is 16.9. The number of sulfonamides is 1. The lowest BCUT2D eigenvalue weighted by Crippen LogP contribution is -2.37. The van der Waals surface area contributed by atoms with E-state index >= 15 is 0 Å². The largest absolute Gasteiger partial charge is 0.310 e. The van der Waals surface area contributed by atoms with E-state index in [1.807, 2.05) is 13.8 Å². The summed E-state index contributed by atoms with van der Waals surface area (Å²) in [6, 6.07) is 9.85. The van der Waals surface area contributed by atoms with Crippen LogP contribution in [0.3, 0.4) is 0 Å². The summed E-state index contributed by atoms with van der Waals surface area (Å²) in [4.78, 5) is 14.6. The minimum absolute atomic E-state index is 0.105. The Bertz CT molecular complexity index is 976. The summed E-state index contributed by atoms with van der Waals surface area (Å²) in [6.45, 7) is 5.92. The van der Waals surface area contributed by atoms with E-state index in [-0.39, 0.29) is 16.1 Å². The van der Waals surface area contributed by atoms with Gasteiger partial charge < -0.3 is 4.90 Å². The van der Waals surface area contributed by atoms with Crippen molar-refractivity contribution in [2.24, 2.45) is 0 Å². The number of halogens is 1. The third kappa shape index (κ3) is 3.84. The first-order valence-corrected chi connectivity index (χ1v) is 10.8. The van der Waals surface area contributed by atoms with Crippen molar-refractivity contribution in [2.75, 3.05) is 16.2 Å². The molecule has 0 spiro atoms. The van der Waals surface area contributed by atoms with Crippen molar-refractivity contribution >= 4 is 50.7 Å². The molecule has 0 unspecified atom stereocenters. The molecule has 0 aliphatic carbocycles. The van der Waals surface area contributed by atoms with E-state index in [1.165, 1.54) is 6.92 Å². The average Bonchev–Trinajstić information content (AvgIpc) is 2.56. The van der Waals surface area contributed by atoms with Crippen molar-refractivity contribution < 1.29 is 13.2 Å². The first kappa shape index (κ1) is 19.1. The Labute approximate surface area is 162 Å². The van der Waals surface area contributed by atoms with Crippen LogP contribution in [0.15, 0.2) is 46.2 Å². The van der Waals surface area contributed by atoms with Crippen LogP contribution in [-0.2, 0) is 14.8 Å². The summed E-state index contributed by atoms with van der Waals surface area (Å²) >= 11 is 7.70. The van der Waals surface area contributed by atoms with Gasteiger partial charge >= 0.3 is 0 Å².